The third-order valence-corrected chi connectivity index (χ3v) is 32.6. The van der Waals surface area contributed by atoms with Gasteiger partial charge in [0.15, 0.2) is 22.6 Å². The maximum Gasteiger partial charge on any atom is 0.257 e. The molecule has 20 heterocycles. The smallest absolute Gasteiger partial charge is 0.257 e. The number of hydrogen-bond donors (Lipinski definition) is 0. The number of aryl methyl sites for hydroxylation is 5. The summed E-state index contributed by atoms with van der Waals surface area (Å²) in [6.45, 7) is 34.3. The largest absolute Gasteiger partial charge is 0.356 e. The van der Waals surface area contributed by atoms with Gasteiger partial charge in [0.1, 0.15) is 11.6 Å². The Morgan fingerprint density at radius 3 is 1.23 bits per heavy atom. The van der Waals surface area contributed by atoms with Crippen molar-refractivity contribution >= 4 is 123 Å². The van der Waals surface area contributed by atoms with Crippen molar-refractivity contribution < 1.29 is 37.5 Å². The van der Waals surface area contributed by atoms with E-state index in [2.05, 4.69) is 157 Å². The van der Waals surface area contributed by atoms with E-state index in [4.69, 9.17) is 17.9 Å². The minimum atomic E-state index is 0.117. The van der Waals surface area contributed by atoms with E-state index in [0.29, 0.717) is 11.8 Å². The molecule has 5 amide bonds. The molecule has 25 rings (SSSR count). The van der Waals surface area contributed by atoms with Crippen molar-refractivity contribution in [3.8, 4) is 0 Å². The first kappa shape index (κ1) is 96.9. The number of fused-ring (bicyclic) bond motifs is 10. The van der Waals surface area contributed by atoms with Gasteiger partial charge in [0.2, 0.25) is 0 Å². The normalized spacial score (nSPS) is 18.2. The minimum absolute atomic E-state index is 0.117. The molecule has 33 nitrogen and oxygen atoms in total. The summed E-state index contributed by atoms with van der Waals surface area (Å²) in [6.07, 6.45) is 17.2. The molecule has 5 saturated heterocycles. The number of para-hydroxylation sites is 3. The van der Waals surface area contributed by atoms with E-state index >= 15 is 0 Å². The summed E-state index contributed by atoms with van der Waals surface area (Å²) in [5.41, 5.74) is 17.1. The number of rotatable bonds is 20. The molecule has 0 bridgehead atoms. The quantitative estimate of drug-likeness (QED) is 0.0684. The van der Waals surface area contributed by atoms with Crippen LogP contribution in [0.5, 0.6) is 0 Å². The second-order valence-corrected chi connectivity index (χ2v) is 41.5. The van der Waals surface area contributed by atoms with Crippen LogP contribution in [-0.2, 0) is 53.2 Å². The molecule has 0 unspecified atom stereocenters. The zero-order valence-corrected chi connectivity index (χ0v) is 85.1. The van der Waals surface area contributed by atoms with Crippen LogP contribution in [0.25, 0.3) is 53.1 Å². The van der Waals surface area contributed by atoms with Crippen molar-refractivity contribution in [2.45, 2.75) is 96.8 Å². The number of anilines is 3. The highest BCUT2D eigenvalue weighted by Gasteiger charge is 2.37. The molecule has 750 valence electrons. The van der Waals surface area contributed by atoms with Crippen LogP contribution < -0.4 is 14.7 Å². The summed E-state index contributed by atoms with van der Waals surface area (Å²) < 4.78 is 34.0. The monoisotopic (exact) mass is 1980 g/mol. The molecule has 10 aromatic heterocycles. The van der Waals surface area contributed by atoms with Gasteiger partial charge in [0.05, 0.1) is 65.4 Å². The summed E-state index contributed by atoms with van der Waals surface area (Å²) in [4.78, 5) is 102. The van der Waals surface area contributed by atoms with Crippen LogP contribution in [0.2, 0.25) is 0 Å². The van der Waals surface area contributed by atoms with Crippen LogP contribution >= 0.6 is 23.1 Å². The molecule has 5 aromatic carbocycles. The van der Waals surface area contributed by atoms with Gasteiger partial charge in [-0.1, -0.05) is 76.1 Å². The Hall–Kier alpha value is -13.2. The first-order chi connectivity index (χ1) is 70.4. The van der Waals surface area contributed by atoms with Crippen molar-refractivity contribution in [1.29, 1.82) is 0 Å². The number of piperazine rings is 3. The van der Waals surface area contributed by atoms with E-state index in [-0.39, 0.29) is 29.5 Å². The Bertz CT molecular complexity index is 6900. The van der Waals surface area contributed by atoms with Gasteiger partial charge in [-0.25, -0.2) is 0 Å². The second-order valence-electron chi connectivity index (χ2n) is 39.9. The van der Waals surface area contributed by atoms with Gasteiger partial charge in [0.25, 0.3) is 29.5 Å². The fraction of sp³-hybridized carbons (Fsp3) is 0.450. The lowest BCUT2D eigenvalue weighted by Crippen LogP contribution is -2.50. The molecule has 15 aromatic rings. The molecule has 0 saturated carbocycles. The van der Waals surface area contributed by atoms with E-state index in [9.17, 15) is 24.0 Å². The van der Waals surface area contributed by atoms with Crippen LogP contribution in [0.4, 0.5) is 17.5 Å². The van der Waals surface area contributed by atoms with Gasteiger partial charge in [-0.05, 0) is 211 Å². The number of carbonyl (C=O) groups excluding carboxylic acids is 5. The number of amides is 5. The number of nitrogens with zero attached hydrogens (tertiary/aromatic N) is 25. The summed E-state index contributed by atoms with van der Waals surface area (Å²) >= 11 is 3.16. The van der Waals surface area contributed by atoms with Crippen molar-refractivity contribution in [2.75, 3.05) is 218 Å². The Morgan fingerprint density at radius 1 is 0.354 bits per heavy atom. The third kappa shape index (κ3) is 21.2. The molecule has 0 spiro atoms. The molecule has 0 atom stereocenters. The summed E-state index contributed by atoms with van der Waals surface area (Å²) in [5.74, 6) is 4.80. The minimum Gasteiger partial charge on any atom is -0.356 e. The number of aromatic nitrogens is 12. The molecule has 0 radical (unpaired) electrons. The number of benzene rings is 5. The second kappa shape index (κ2) is 43.8. The molecule has 10 aliphatic rings. The maximum absolute atomic E-state index is 12.9. The zero-order valence-electron chi connectivity index (χ0n) is 83.5. The molecule has 35 heteroatoms. The molecule has 0 aliphatic carbocycles. The highest BCUT2D eigenvalue weighted by atomic mass is 32.1. The van der Waals surface area contributed by atoms with E-state index in [1.807, 2.05) is 150 Å². The highest BCUT2D eigenvalue weighted by molar-refractivity contribution is 7.14. The average molecular weight is 1980 g/mol. The Morgan fingerprint density at radius 2 is 0.743 bits per heavy atom. The SMILES string of the molecule is Cc1c2c(nn1C)CCN(CCN1CCC(c3noc4ccccc34)CC1)C2=O.Cc1cc2c(cn1)C(=O)N(CCN1CCN(c3noc4ccccc34)CC1)CC2.Cc1cc2c(cn1)C(=O)N(CCN1CCN(c3nsc4ccccc34)CC1)CC2.Cn1cc2c(n1)CCN(CCN1CCN(c3nsc4ccccc34)CC1)C2=O.Cn1ccc2c1CCCN(CCN1CCC(c3noc4ccccc34)CC1)C2=O. The fourth-order valence-corrected chi connectivity index (χ4v) is 24.0. The first-order valence-corrected chi connectivity index (χ1v) is 53.1. The Labute approximate surface area is 847 Å². The zero-order chi connectivity index (χ0) is 98.4. The lowest BCUT2D eigenvalue weighted by Gasteiger charge is -2.36. The number of pyridine rings is 2. The van der Waals surface area contributed by atoms with Crippen molar-refractivity contribution in [1.82, 2.24) is 107 Å². The van der Waals surface area contributed by atoms with E-state index in [1.54, 1.807) is 40.1 Å². The average Bonchev–Trinajstić information content (AvgIpc) is 1.61. The van der Waals surface area contributed by atoms with Gasteiger partial charge >= 0.3 is 0 Å². The molecule has 5 fully saturated rings. The predicted molar refractivity (Wildman–Crippen MR) is 561 cm³/mol. The first-order valence-electron chi connectivity index (χ1n) is 51.5. The maximum atomic E-state index is 12.9. The lowest BCUT2D eigenvalue weighted by molar-refractivity contribution is 0.0703. The van der Waals surface area contributed by atoms with Crippen molar-refractivity contribution in [2.24, 2.45) is 21.1 Å². The van der Waals surface area contributed by atoms with E-state index in [0.717, 1.165) is 396 Å². The van der Waals surface area contributed by atoms with Crippen LogP contribution in [0.3, 0.4) is 0 Å². The van der Waals surface area contributed by atoms with Gasteiger partial charge in [-0.2, -0.15) is 18.9 Å². The summed E-state index contributed by atoms with van der Waals surface area (Å²) in [5, 5.41) is 27.7. The number of hydrogen-bond acceptors (Lipinski definition) is 27. The van der Waals surface area contributed by atoms with Crippen LogP contribution in [0.15, 0.2) is 178 Å². The van der Waals surface area contributed by atoms with Gasteiger partial charge in [-0.3, -0.25) is 58.0 Å². The molecule has 10 aliphatic heterocycles. The highest BCUT2D eigenvalue weighted by Crippen LogP contribution is 2.38. The molecular weight excluding hydrogens is 1850 g/mol. The van der Waals surface area contributed by atoms with E-state index < -0.39 is 0 Å². The standard InChI is InChI=1S/C23H28N4O2.C22H27N5O2.C22H25N5O2.C22H25N5OS.C20H24N6OS/c1-25-12-10-18-20(25)6-4-11-27(23(18)28)16-15-26-13-8-17(9-14-26)22-19-5-2-3-7-21(19)29-24-22;1-15-20-18(23-25(15)2)9-12-27(22(20)28)14-13-26-10-7-16(8-11-26)21-17-5-3-4-6-19(17)29-24-21;2*1-16-14-17-6-7-27(22(28)19(17)15-23-16)13-10-25-8-11-26(12-9-25)21-18-4-2-3-5-20(18)29-24-21;1-23-14-16-17(21-23)6-7-26(20(16)27)13-10-24-8-11-25(12-9-24)19-15-4-2-3-5-18(15)28-22-19/h2-3,5,7,10,12,17H,4,6,8-9,11,13-16H2,1H3;3-6,16H,7-14H2,1-2H3;2*2-5,14-15H,6-13H2,1H3;2-5,14H,6-13H2,1H3. The molecular formula is C109H129N25O8S2. The molecule has 0 N–H and O–H groups in total. The van der Waals surface area contributed by atoms with Crippen molar-refractivity contribution in [3.05, 3.63) is 249 Å². The Kier molecular flexibility index (Phi) is 29.5. The van der Waals surface area contributed by atoms with Crippen LogP contribution in [0, 0.1) is 20.8 Å². The molecule has 144 heavy (non-hydrogen) atoms. The number of likely N-dealkylation sites (tertiary alicyclic amines) is 2. The van der Waals surface area contributed by atoms with Gasteiger partial charge in [-0.15, -0.1) is 0 Å². The Balaban J connectivity index is 0.000000106. The summed E-state index contributed by atoms with van der Waals surface area (Å²) in [7, 11) is 5.82. The van der Waals surface area contributed by atoms with E-state index in [1.165, 1.54) is 25.9 Å². The summed E-state index contributed by atoms with van der Waals surface area (Å²) in [6, 6.07) is 47.2. The third-order valence-electron chi connectivity index (χ3n) is 31.0. The fourth-order valence-electron chi connectivity index (χ4n) is 22.4. The van der Waals surface area contributed by atoms with Gasteiger partial charge < -0.3 is 67.1 Å². The lowest BCUT2D eigenvalue weighted by atomic mass is 9.91. The van der Waals surface area contributed by atoms with Gasteiger partial charge in [0, 0.05) is 292 Å². The van der Waals surface area contributed by atoms with Crippen LogP contribution in [0.1, 0.15) is 152 Å². The number of carbonyl (C=O) groups is 5. The topological polar surface area (TPSA) is 298 Å². The number of piperidine rings is 2. The predicted octanol–water partition coefficient (Wildman–Crippen LogP) is 13.2. The van der Waals surface area contributed by atoms with Crippen molar-refractivity contribution in [3.63, 3.8) is 0 Å². The van der Waals surface area contributed by atoms with Crippen LogP contribution in [-0.4, -0.2) is 340 Å².